The molecule has 106 valence electrons. The third-order valence-corrected chi connectivity index (χ3v) is 5.11. The van der Waals surface area contributed by atoms with Gasteiger partial charge in [-0.3, -0.25) is 0 Å². The molecule has 1 aliphatic rings. The second-order valence-electron chi connectivity index (χ2n) is 5.19. The lowest BCUT2D eigenvalue weighted by molar-refractivity contribution is 0.354. The monoisotopic (exact) mass is 282 g/mol. The number of rotatable bonds is 5. The summed E-state index contributed by atoms with van der Waals surface area (Å²) in [5, 5.41) is 3.31. The maximum atomic E-state index is 12.1. The van der Waals surface area contributed by atoms with Crippen LogP contribution in [0.3, 0.4) is 0 Å². The van der Waals surface area contributed by atoms with Gasteiger partial charge in [0.05, 0.1) is 4.90 Å². The van der Waals surface area contributed by atoms with E-state index in [1.54, 1.807) is 12.1 Å². The van der Waals surface area contributed by atoms with Crippen LogP contribution in [0.15, 0.2) is 29.2 Å². The Morgan fingerprint density at radius 1 is 1.21 bits per heavy atom. The smallest absolute Gasteiger partial charge is 0.240 e. The predicted molar refractivity (Wildman–Crippen MR) is 76.6 cm³/mol. The Bertz CT molecular complexity index is 491. The van der Waals surface area contributed by atoms with Gasteiger partial charge in [0, 0.05) is 6.54 Å². The number of piperidine rings is 1. The highest BCUT2D eigenvalue weighted by atomic mass is 32.2. The summed E-state index contributed by atoms with van der Waals surface area (Å²) >= 11 is 0. The van der Waals surface area contributed by atoms with E-state index in [0.717, 1.165) is 37.9 Å². The minimum Gasteiger partial charge on any atom is -0.317 e. The molecule has 4 nitrogen and oxygen atoms in total. The van der Waals surface area contributed by atoms with Crippen LogP contribution in [0.2, 0.25) is 0 Å². The predicted octanol–water partition coefficient (Wildman–Crippen LogP) is 1.66. The number of hydrogen-bond donors (Lipinski definition) is 2. The summed E-state index contributed by atoms with van der Waals surface area (Å²) in [5.74, 6) is 0.641. The zero-order valence-corrected chi connectivity index (χ0v) is 12.2. The molecule has 0 atom stereocenters. The summed E-state index contributed by atoms with van der Waals surface area (Å²) in [7, 11) is -3.34. The molecule has 2 rings (SSSR count). The lowest BCUT2D eigenvalue weighted by Gasteiger charge is -2.22. The van der Waals surface area contributed by atoms with E-state index in [2.05, 4.69) is 10.0 Å². The summed E-state index contributed by atoms with van der Waals surface area (Å²) in [5.41, 5.74) is 1.06. The average molecular weight is 282 g/mol. The maximum Gasteiger partial charge on any atom is 0.240 e. The van der Waals surface area contributed by atoms with Crippen LogP contribution in [0, 0.1) is 12.8 Å². The van der Waals surface area contributed by atoms with Gasteiger partial charge in [-0.05, 0) is 57.3 Å². The molecule has 0 saturated carbocycles. The molecule has 1 saturated heterocycles. The van der Waals surface area contributed by atoms with Crippen molar-refractivity contribution >= 4 is 10.0 Å². The summed E-state index contributed by atoms with van der Waals surface area (Å²) in [6, 6.07) is 6.95. The molecule has 0 unspecified atom stereocenters. The van der Waals surface area contributed by atoms with E-state index in [1.165, 1.54) is 0 Å². The van der Waals surface area contributed by atoms with Crippen LogP contribution in [-0.4, -0.2) is 28.1 Å². The second-order valence-corrected chi connectivity index (χ2v) is 6.96. The van der Waals surface area contributed by atoms with Crippen LogP contribution < -0.4 is 10.0 Å². The number of benzene rings is 1. The van der Waals surface area contributed by atoms with E-state index in [0.29, 0.717) is 17.4 Å². The molecule has 0 aromatic heterocycles. The first-order valence-corrected chi connectivity index (χ1v) is 8.33. The van der Waals surface area contributed by atoms with E-state index < -0.39 is 10.0 Å². The largest absolute Gasteiger partial charge is 0.317 e. The molecular formula is C14H22N2O2S. The Morgan fingerprint density at radius 3 is 2.47 bits per heavy atom. The van der Waals surface area contributed by atoms with Gasteiger partial charge in [0.2, 0.25) is 10.0 Å². The van der Waals surface area contributed by atoms with Gasteiger partial charge >= 0.3 is 0 Å². The van der Waals surface area contributed by atoms with Crippen LogP contribution >= 0.6 is 0 Å². The zero-order valence-electron chi connectivity index (χ0n) is 11.4. The van der Waals surface area contributed by atoms with Gasteiger partial charge in [0.1, 0.15) is 0 Å². The lowest BCUT2D eigenvalue weighted by Crippen LogP contribution is -2.31. The molecule has 1 fully saturated rings. The fraction of sp³-hybridized carbons (Fsp3) is 0.571. The summed E-state index contributed by atoms with van der Waals surface area (Å²) in [6.07, 6.45) is 3.21. The van der Waals surface area contributed by atoms with Crippen LogP contribution in [0.1, 0.15) is 24.8 Å². The van der Waals surface area contributed by atoms with Crippen LogP contribution in [0.4, 0.5) is 0 Å². The van der Waals surface area contributed by atoms with Gasteiger partial charge in [-0.2, -0.15) is 0 Å². The third kappa shape index (κ3) is 4.30. The van der Waals surface area contributed by atoms with Crippen molar-refractivity contribution in [2.45, 2.75) is 31.1 Å². The van der Waals surface area contributed by atoms with E-state index in [-0.39, 0.29) is 0 Å². The van der Waals surface area contributed by atoms with Gasteiger partial charge in [-0.1, -0.05) is 17.7 Å². The molecule has 2 N–H and O–H groups in total. The summed E-state index contributed by atoms with van der Waals surface area (Å²) in [6.45, 7) is 4.58. The molecule has 0 spiro atoms. The highest BCUT2D eigenvalue weighted by Crippen LogP contribution is 2.16. The number of nitrogens with one attached hydrogen (secondary N) is 2. The van der Waals surface area contributed by atoms with Crippen molar-refractivity contribution in [3.63, 3.8) is 0 Å². The SMILES string of the molecule is Cc1ccc(S(=O)(=O)NCCC2CCNCC2)cc1. The van der Waals surface area contributed by atoms with Gasteiger partial charge in [-0.15, -0.1) is 0 Å². The van der Waals surface area contributed by atoms with Crippen molar-refractivity contribution < 1.29 is 8.42 Å². The van der Waals surface area contributed by atoms with Crippen molar-refractivity contribution in [1.29, 1.82) is 0 Å². The molecule has 1 heterocycles. The summed E-state index contributed by atoms with van der Waals surface area (Å²) in [4.78, 5) is 0.350. The number of sulfonamides is 1. The molecule has 1 aliphatic heterocycles. The highest BCUT2D eigenvalue weighted by molar-refractivity contribution is 7.89. The van der Waals surface area contributed by atoms with Crippen LogP contribution in [0.5, 0.6) is 0 Å². The first-order valence-electron chi connectivity index (χ1n) is 6.85. The fourth-order valence-electron chi connectivity index (χ4n) is 2.37. The minimum absolute atomic E-state index is 0.350. The van der Waals surface area contributed by atoms with E-state index in [4.69, 9.17) is 0 Å². The zero-order chi connectivity index (χ0) is 13.7. The minimum atomic E-state index is -3.34. The first kappa shape index (κ1) is 14.5. The van der Waals surface area contributed by atoms with Crippen molar-refractivity contribution in [2.24, 2.45) is 5.92 Å². The lowest BCUT2D eigenvalue weighted by atomic mass is 9.95. The molecule has 1 aromatic rings. The van der Waals surface area contributed by atoms with Crippen LogP contribution in [0.25, 0.3) is 0 Å². The van der Waals surface area contributed by atoms with Gasteiger partial charge in [-0.25, -0.2) is 13.1 Å². The molecule has 0 radical (unpaired) electrons. The average Bonchev–Trinajstić information content (AvgIpc) is 2.40. The number of hydrogen-bond acceptors (Lipinski definition) is 3. The third-order valence-electron chi connectivity index (χ3n) is 3.63. The maximum absolute atomic E-state index is 12.1. The Balaban J connectivity index is 1.85. The molecule has 0 amide bonds. The van der Waals surface area contributed by atoms with Crippen molar-refractivity contribution in [3.05, 3.63) is 29.8 Å². The molecule has 5 heteroatoms. The highest BCUT2D eigenvalue weighted by Gasteiger charge is 2.16. The number of aryl methyl sites for hydroxylation is 1. The molecular weight excluding hydrogens is 260 g/mol. The topological polar surface area (TPSA) is 58.2 Å². The fourth-order valence-corrected chi connectivity index (χ4v) is 3.42. The molecule has 19 heavy (non-hydrogen) atoms. The van der Waals surface area contributed by atoms with Crippen molar-refractivity contribution in [3.8, 4) is 0 Å². The van der Waals surface area contributed by atoms with Gasteiger partial charge < -0.3 is 5.32 Å². The standard InChI is InChI=1S/C14H22N2O2S/c1-12-2-4-14(5-3-12)19(17,18)16-11-8-13-6-9-15-10-7-13/h2-5,13,15-16H,6-11H2,1H3. The van der Waals surface area contributed by atoms with Crippen LogP contribution in [-0.2, 0) is 10.0 Å². The Hall–Kier alpha value is -0.910. The quantitative estimate of drug-likeness (QED) is 0.863. The second kappa shape index (κ2) is 6.50. The molecule has 1 aromatic carbocycles. The Kier molecular flexibility index (Phi) is 4.96. The molecule has 0 bridgehead atoms. The first-order chi connectivity index (χ1) is 9.08. The van der Waals surface area contributed by atoms with E-state index in [1.807, 2.05) is 19.1 Å². The Labute approximate surface area is 115 Å². The molecule has 0 aliphatic carbocycles. The normalized spacial score (nSPS) is 17.5. The summed E-state index contributed by atoms with van der Waals surface area (Å²) < 4.78 is 26.8. The van der Waals surface area contributed by atoms with E-state index >= 15 is 0 Å². The van der Waals surface area contributed by atoms with Crippen molar-refractivity contribution in [1.82, 2.24) is 10.0 Å². The van der Waals surface area contributed by atoms with Crippen molar-refractivity contribution in [2.75, 3.05) is 19.6 Å². The Morgan fingerprint density at radius 2 is 1.84 bits per heavy atom. The van der Waals surface area contributed by atoms with Gasteiger partial charge in [0.25, 0.3) is 0 Å². The van der Waals surface area contributed by atoms with E-state index in [9.17, 15) is 8.42 Å². The van der Waals surface area contributed by atoms with Gasteiger partial charge in [0.15, 0.2) is 0 Å².